The zero-order valence-electron chi connectivity index (χ0n) is 40.6. The molecule has 0 amide bonds. The minimum absolute atomic E-state index is 0.329. The van der Waals surface area contributed by atoms with Crippen molar-refractivity contribution >= 4 is 66.4 Å². The monoisotopic (exact) mass is 932 g/mol. The van der Waals surface area contributed by atoms with Gasteiger partial charge < -0.3 is 9.80 Å². The van der Waals surface area contributed by atoms with Crippen LogP contribution in [0.1, 0.15) is 22.3 Å². The van der Waals surface area contributed by atoms with E-state index in [1.165, 1.54) is 0 Å². The van der Waals surface area contributed by atoms with Crippen LogP contribution in [0.3, 0.4) is 0 Å². The van der Waals surface area contributed by atoms with Gasteiger partial charge in [-0.3, -0.25) is 0 Å². The summed E-state index contributed by atoms with van der Waals surface area (Å²) in [6.45, 7) is 8.42. The summed E-state index contributed by atoms with van der Waals surface area (Å²) in [5, 5.41) is 6.14. The molecule has 346 valence electrons. The Labute approximate surface area is 419 Å². The molecule has 0 aliphatic heterocycles. The Bertz CT molecular complexity index is 3680. The molecule has 0 aliphatic rings. The smallest absolute Gasteiger partial charge is 0.148 e. The summed E-state index contributed by atoms with van der Waals surface area (Å²) in [6, 6.07) is 77.8. The summed E-state index contributed by atoms with van der Waals surface area (Å²) in [6.07, 6.45) is 0. The molecular formula is C68H50F2N2. The third kappa shape index (κ3) is 7.55. The Kier molecular flexibility index (Phi) is 11.2. The van der Waals surface area contributed by atoms with Crippen molar-refractivity contribution in [1.29, 1.82) is 0 Å². The van der Waals surface area contributed by atoms with E-state index in [1.54, 1.807) is 12.1 Å². The van der Waals surface area contributed by atoms with Crippen LogP contribution >= 0.6 is 0 Å². The topological polar surface area (TPSA) is 6.48 Å². The lowest BCUT2D eigenvalue weighted by Gasteiger charge is -2.33. The molecule has 0 radical (unpaired) electrons. The van der Waals surface area contributed by atoms with Gasteiger partial charge in [0.15, 0.2) is 0 Å². The molecular weight excluding hydrogens is 883 g/mol. The van der Waals surface area contributed by atoms with Crippen LogP contribution in [0.2, 0.25) is 0 Å². The normalized spacial score (nSPS) is 11.5. The fraction of sp³-hybridized carbons (Fsp3) is 0.0588. The van der Waals surface area contributed by atoms with Crippen LogP contribution in [0.15, 0.2) is 231 Å². The molecule has 12 aromatic rings. The van der Waals surface area contributed by atoms with Crippen molar-refractivity contribution in [1.82, 2.24) is 0 Å². The van der Waals surface area contributed by atoms with Crippen molar-refractivity contribution in [3.8, 4) is 44.5 Å². The first-order valence-electron chi connectivity index (χ1n) is 24.6. The van der Waals surface area contributed by atoms with Crippen LogP contribution in [0.4, 0.5) is 42.9 Å². The van der Waals surface area contributed by atoms with Crippen molar-refractivity contribution in [3.63, 3.8) is 0 Å². The Hall–Kier alpha value is -8.86. The molecule has 0 saturated heterocycles. The van der Waals surface area contributed by atoms with E-state index in [-0.39, 0.29) is 11.6 Å². The number of rotatable bonds is 10. The van der Waals surface area contributed by atoms with Gasteiger partial charge in [-0.05, 0) is 141 Å². The molecule has 12 aromatic carbocycles. The Morgan fingerprint density at radius 3 is 0.944 bits per heavy atom. The van der Waals surface area contributed by atoms with Gasteiger partial charge in [0.1, 0.15) is 11.6 Å². The van der Waals surface area contributed by atoms with Gasteiger partial charge in [0.05, 0.1) is 34.1 Å². The third-order valence-corrected chi connectivity index (χ3v) is 14.4. The van der Waals surface area contributed by atoms with Crippen LogP contribution in [0, 0.1) is 39.3 Å². The number of anilines is 6. The zero-order chi connectivity index (χ0) is 49.0. The van der Waals surface area contributed by atoms with Crippen molar-refractivity contribution in [3.05, 3.63) is 264 Å². The molecule has 0 atom stereocenters. The van der Waals surface area contributed by atoms with Gasteiger partial charge in [-0.15, -0.1) is 0 Å². The minimum atomic E-state index is -0.329. The summed E-state index contributed by atoms with van der Waals surface area (Å²) >= 11 is 0. The van der Waals surface area contributed by atoms with Crippen molar-refractivity contribution < 1.29 is 8.78 Å². The van der Waals surface area contributed by atoms with E-state index in [1.807, 2.05) is 97.1 Å². The van der Waals surface area contributed by atoms with E-state index < -0.39 is 0 Å². The molecule has 0 unspecified atom stereocenters. The van der Waals surface area contributed by atoms with E-state index in [2.05, 4.69) is 159 Å². The molecule has 72 heavy (non-hydrogen) atoms. The van der Waals surface area contributed by atoms with Crippen LogP contribution < -0.4 is 9.80 Å². The van der Waals surface area contributed by atoms with Gasteiger partial charge in [0, 0.05) is 21.9 Å². The van der Waals surface area contributed by atoms with E-state index in [0.717, 1.165) is 122 Å². The fourth-order valence-corrected chi connectivity index (χ4v) is 11.1. The second kappa shape index (κ2) is 18.1. The molecule has 0 aliphatic carbocycles. The maximum Gasteiger partial charge on any atom is 0.148 e. The zero-order valence-corrected chi connectivity index (χ0v) is 40.6. The first kappa shape index (κ1) is 44.4. The van der Waals surface area contributed by atoms with Crippen molar-refractivity contribution in [2.45, 2.75) is 27.7 Å². The number of hydrogen-bond acceptors (Lipinski definition) is 2. The first-order chi connectivity index (χ1) is 35.2. The van der Waals surface area contributed by atoms with Crippen LogP contribution in [-0.2, 0) is 0 Å². The van der Waals surface area contributed by atoms with Gasteiger partial charge >= 0.3 is 0 Å². The van der Waals surface area contributed by atoms with E-state index in [4.69, 9.17) is 0 Å². The maximum absolute atomic E-state index is 17.9. The predicted molar refractivity (Wildman–Crippen MR) is 300 cm³/mol. The highest BCUT2D eigenvalue weighted by Crippen LogP contribution is 2.53. The van der Waals surface area contributed by atoms with Crippen LogP contribution in [0.5, 0.6) is 0 Å². The molecule has 0 bridgehead atoms. The number of benzene rings is 12. The molecule has 12 rings (SSSR count). The van der Waals surface area contributed by atoms with Crippen LogP contribution in [0.25, 0.3) is 76.8 Å². The van der Waals surface area contributed by atoms with E-state index >= 15 is 8.78 Å². The fourth-order valence-electron chi connectivity index (χ4n) is 11.1. The summed E-state index contributed by atoms with van der Waals surface area (Å²) < 4.78 is 35.8. The number of aryl methyl sites for hydroxylation is 4. The quantitative estimate of drug-likeness (QED) is 0.126. The van der Waals surface area contributed by atoms with Crippen LogP contribution in [-0.4, -0.2) is 0 Å². The van der Waals surface area contributed by atoms with E-state index in [0.29, 0.717) is 11.4 Å². The molecule has 0 fully saturated rings. The SMILES string of the molecule is Cc1cccc(C)c1N(c1c(F)cc(-c2ccccc2)cc1-c1ccccc1)c1ccc2ccc3c(N(c4c(C)cccc4C)c4c(F)cc(-c5ccccc5)cc4-c4ccccc4)ccc4ccc1c2c43. The summed E-state index contributed by atoms with van der Waals surface area (Å²) in [7, 11) is 0. The number of para-hydroxylation sites is 2. The Morgan fingerprint density at radius 2 is 0.597 bits per heavy atom. The average Bonchev–Trinajstić information content (AvgIpc) is 3.41. The largest absolute Gasteiger partial charge is 0.306 e. The van der Waals surface area contributed by atoms with Crippen molar-refractivity contribution in [2.75, 3.05) is 9.80 Å². The third-order valence-electron chi connectivity index (χ3n) is 14.4. The average molecular weight is 933 g/mol. The standard InChI is InChI=1S/C68H50F2N2/c1-43-19-17-20-44(2)65(43)71(67-57(49-27-13-7-14-28-49)39-53(41-59(67)69)47-23-9-5-10-24-47)61-37-33-51-32-36-56-62(38-34-52-31-35-55(61)63(51)64(52)56)72(66-45(3)21-18-22-46(66)4)68-58(50-29-15-8-16-30-50)40-54(42-60(68)70)48-25-11-6-12-26-48/h5-42H,1-4H3. The second-order valence-corrected chi connectivity index (χ2v) is 18.9. The molecule has 2 nitrogen and oxygen atoms in total. The van der Waals surface area contributed by atoms with Gasteiger partial charge in [0.25, 0.3) is 0 Å². The summed E-state index contributed by atoms with van der Waals surface area (Å²) in [4.78, 5) is 4.31. The molecule has 0 N–H and O–H groups in total. The minimum Gasteiger partial charge on any atom is -0.306 e. The highest BCUT2D eigenvalue weighted by molar-refractivity contribution is 6.28. The molecule has 0 heterocycles. The maximum atomic E-state index is 17.9. The second-order valence-electron chi connectivity index (χ2n) is 18.9. The first-order valence-corrected chi connectivity index (χ1v) is 24.6. The number of nitrogens with zero attached hydrogens (tertiary/aromatic N) is 2. The highest BCUT2D eigenvalue weighted by Gasteiger charge is 2.30. The van der Waals surface area contributed by atoms with Crippen molar-refractivity contribution in [2.24, 2.45) is 0 Å². The lowest BCUT2D eigenvalue weighted by atomic mass is 9.90. The molecule has 4 heteroatoms. The van der Waals surface area contributed by atoms with Gasteiger partial charge in [-0.25, -0.2) is 8.78 Å². The van der Waals surface area contributed by atoms with Gasteiger partial charge in [-0.2, -0.15) is 0 Å². The van der Waals surface area contributed by atoms with Gasteiger partial charge in [-0.1, -0.05) is 194 Å². The molecule has 0 aromatic heterocycles. The molecule has 0 saturated carbocycles. The summed E-state index contributed by atoms with van der Waals surface area (Å²) in [5.41, 5.74) is 15.4. The Morgan fingerprint density at radius 1 is 0.278 bits per heavy atom. The van der Waals surface area contributed by atoms with E-state index in [9.17, 15) is 0 Å². The lowest BCUT2D eigenvalue weighted by molar-refractivity contribution is 0.629. The lowest BCUT2D eigenvalue weighted by Crippen LogP contribution is -2.17. The number of hydrogen-bond donors (Lipinski definition) is 0. The highest BCUT2D eigenvalue weighted by atomic mass is 19.1. The Balaban J connectivity index is 1.15. The molecule has 0 spiro atoms. The summed E-state index contributed by atoms with van der Waals surface area (Å²) in [5.74, 6) is -0.658. The predicted octanol–water partition coefficient (Wildman–Crippen LogP) is 19.7. The van der Waals surface area contributed by atoms with Gasteiger partial charge in [0.2, 0.25) is 0 Å². The number of halogens is 2.